The lowest BCUT2D eigenvalue weighted by atomic mass is 9.87. The minimum atomic E-state index is -0.851. The normalized spacial score (nSPS) is 16.3. The van der Waals surface area contributed by atoms with E-state index in [0.717, 1.165) is 23.7 Å². The number of carboxylic acid groups (broad SMARTS) is 1. The number of amides is 3. The van der Waals surface area contributed by atoms with Gasteiger partial charge in [-0.25, -0.2) is 4.79 Å². The molecule has 2 N–H and O–H groups in total. The molecule has 1 saturated carbocycles. The molecule has 1 aliphatic heterocycles. The molecule has 2 aromatic carbocycles. The van der Waals surface area contributed by atoms with Gasteiger partial charge in [0.1, 0.15) is 5.75 Å². The van der Waals surface area contributed by atoms with Crippen molar-refractivity contribution in [2.24, 2.45) is 5.92 Å². The van der Waals surface area contributed by atoms with E-state index >= 15 is 0 Å². The lowest BCUT2D eigenvalue weighted by Gasteiger charge is -2.34. The lowest BCUT2D eigenvalue weighted by molar-refractivity contribution is -0.136. The number of carboxylic acids is 1. The Morgan fingerprint density at radius 1 is 0.919 bits per heavy atom. The molecule has 0 atom stereocenters. The average Bonchev–Trinajstić information content (AvgIpc) is 2.92. The van der Waals surface area contributed by atoms with E-state index in [1.807, 2.05) is 30.3 Å². The van der Waals surface area contributed by atoms with Gasteiger partial charge in [-0.15, -0.1) is 0 Å². The molecule has 1 heterocycles. The molecule has 8 heteroatoms. The Labute approximate surface area is 218 Å². The summed E-state index contributed by atoms with van der Waals surface area (Å²) in [7, 11) is 0. The Bertz CT molecular complexity index is 1070. The van der Waals surface area contributed by atoms with Crippen LogP contribution in [0.15, 0.2) is 48.5 Å². The zero-order valence-corrected chi connectivity index (χ0v) is 21.4. The minimum absolute atomic E-state index is 0.0445. The number of nitrogens with zero attached hydrogens (tertiary/aromatic N) is 2. The van der Waals surface area contributed by atoms with Crippen LogP contribution in [-0.4, -0.2) is 65.6 Å². The molecule has 3 amide bonds. The highest BCUT2D eigenvalue weighted by Crippen LogP contribution is 2.26. The molecule has 4 rings (SSSR count). The van der Waals surface area contributed by atoms with Crippen LogP contribution in [0.2, 0.25) is 0 Å². The van der Waals surface area contributed by atoms with E-state index < -0.39 is 5.97 Å². The molecule has 0 unspecified atom stereocenters. The highest BCUT2D eigenvalue weighted by Gasteiger charge is 2.25. The lowest BCUT2D eigenvalue weighted by Crippen LogP contribution is -2.51. The van der Waals surface area contributed by atoms with E-state index in [0.29, 0.717) is 50.5 Å². The number of carbonyl (C=O) groups excluding carboxylic acids is 2. The molecule has 2 aromatic rings. The molecule has 0 radical (unpaired) electrons. The number of aliphatic carboxylic acids is 1. The molecule has 8 nitrogen and oxygen atoms in total. The van der Waals surface area contributed by atoms with E-state index in [1.54, 1.807) is 28.0 Å². The molecule has 0 aromatic heterocycles. The number of ether oxygens (including phenoxy) is 1. The van der Waals surface area contributed by atoms with E-state index in [9.17, 15) is 14.4 Å². The number of benzene rings is 2. The maximum absolute atomic E-state index is 13.1. The van der Waals surface area contributed by atoms with Gasteiger partial charge in [0, 0.05) is 43.9 Å². The zero-order valence-electron chi connectivity index (χ0n) is 21.4. The van der Waals surface area contributed by atoms with Crippen LogP contribution in [-0.2, 0) is 11.2 Å². The van der Waals surface area contributed by atoms with Crippen molar-refractivity contribution in [1.82, 2.24) is 9.80 Å². The number of nitrogens with one attached hydrogen (secondary N) is 1. The molecular weight excluding hydrogens is 470 g/mol. The smallest absolute Gasteiger partial charge is 0.321 e. The summed E-state index contributed by atoms with van der Waals surface area (Å²) in [6.45, 7) is 2.47. The van der Waals surface area contributed by atoms with Gasteiger partial charge in [0.2, 0.25) is 0 Å². The number of urea groups is 1. The number of piperazine rings is 1. The summed E-state index contributed by atoms with van der Waals surface area (Å²) in [5.74, 6) is 0.581. The highest BCUT2D eigenvalue weighted by atomic mass is 16.5. The van der Waals surface area contributed by atoms with Crippen LogP contribution in [0.5, 0.6) is 5.75 Å². The maximum Gasteiger partial charge on any atom is 0.321 e. The van der Waals surface area contributed by atoms with Crippen molar-refractivity contribution in [2.75, 3.05) is 38.1 Å². The summed E-state index contributed by atoms with van der Waals surface area (Å²) in [4.78, 5) is 40.1. The monoisotopic (exact) mass is 507 g/mol. The minimum Gasteiger partial charge on any atom is -0.494 e. The Hall–Kier alpha value is -3.55. The number of rotatable bonds is 9. The predicted octanol–water partition coefficient (Wildman–Crippen LogP) is 5.04. The second-order valence-electron chi connectivity index (χ2n) is 9.97. The van der Waals surface area contributed by atoms with E-state index in [1.165, 1.54) is 32.1 Å². The fourth-order valence-electron chi connectivity index (χ4n) is 5.09. The molecule has 0 spiro atoms. The van der Waals surface area contributed by atoms with Gasteiger partial charge in [-0.1, -0.05) is 50.3 Å². The third-order valence-electron chi connectivity index (χ3n) is 7.26. The number of hydrogen-bond donors (Lipinski definition) is 2. The first-order valence-electron chi connectivity index (χ1n) is 13.4. The van der Waals surface area contributed by atoms with Crippen molar-refractivity contribution >= 4 is 23.6 Å². The molecule has 1 saturated heterocycles. The fraction of sp³-hybridized carbons (Fsp3) is 0.483. The number of carbonyl (C=O) groups is 3. The van der Waals surface area contributed by atoms with Gasteiger partial charge in [-0.2, -0.15) is 0 Å². The standard InChI is InChI=1S/C29H37N3O5/c33-27(34)13-12-23-8-4-10-25(20-23)30-29(36)32-17-15-31(16-18-32)28(35)24-9-5-11-26(21-24)37-19-14-22-6-2-1-3-7-22/h4-5,8-11,20-22H,1-3,6-7,12-19H2,(H,30,36)(H,33,34). The molecular formula is C29H37N3O5. The van der Waals surface area contributed by atoms with Gasteiger partial charge >= 0.3 is 12.0 Å². The maximum atomic E-state index is 13.1. The van der Waals surface area contributed by atoms with Gasteiger partial charge < -0.3 is 25.0 Å². The third kappa shape index (κ3) is 7.97. The quantitative estimate of drug-likeness (QED) is 0.495. The molecule has 1 aliphatic carbocycles. The summed E-state index contributed by atoms with van der Waals surface area (Å²) < 4.78 is 5.97. The predicted molar refractivity (Wildman–Crippen MR) is 142 cm³/mol. The van der Waals surface area contributed by atoms with E-state index in [-0.39, 0.29) is 18.4 Å². The SMILES string of the molecule is O=C(O)CCc1cccc(NC(=O)N2CCN(C(=O)c3cccc(OCCC4CCCCC4)c3)CC2)c1. The van der Waals surface area contributed by atoms with Crippen molar-refractivity contribution in [3.8, 4) is 5.75 Å². The Morgan fingerprint density at radius 2 is 1.65 bits per heavy atom. The van der Waals surface area contributed by atoms with Crippen LogP contribution in [0, 0.1) is 5.92 Å². The molecule has 0 bridgehead atoms. The summed E-state index contributed by atoms with van der Waals surface area (Å²) in [6, 6.07) is 14.4. The van der Waals surface area contributed by atoms with Crippen molar-refractivity contribution in [1.29, 1.82) is 0 Å². The Balaban J connectivity index is 1.23. The van der Waals surface area contributed by atoms with Gasteiger partial charge in [-0.3, -0.25) is 9.59 Å². The summed E-state index contributed by atoms with van der Waals surface area (Å²) in [5, 5.41) is 11.8. The summed E-state index contributed by atoms with van der Waals surface area (Å²) >= 11 is 0. The van der Waals surface area contributed by atoms with E-state index in [4.69, 9.17) is 9.84 Å². The first-order valence-corrected chi connectivity index (χ1v) is 13.4. The van der Waals surface area contributed by atoms with Crippen molar-refractivity contribution in [2.45, 2.75) is 51.4 Å². The number of aryl methyl sites for hydroxylation is 1. The summed E-state index contributed by atoms with van der Waals surface area (Å²) in [5.41, 5.74) is 2.09. The van der Waals surface area contributed by atoms with Crippen molar-refractivity contribution < 1.29 is 24.2 Å². The largest absolute Gasteiger partial charge is 0.494 e. The van der Waals surface area contributed by atoms with Gasteiger partial charge in [0.15, 0.2) is 0 Å². The first-order chi connectivity index (χ1) is 18.0. The topological polar surface area (TPSA) is 99.2 Å². The van der Waals surface area contributed by atoms with Crippen molar-refractivity contribution in [3.05, 3.63) is 59.7 Å². The van der Waals surface area contributed by atoms with Crippen LogP contribution in [0.3, 0.4) is 0 Å². The van der Waals surface area contributed by atoms with Crippen LogP contribution in [0.1, 0.15) is 60.9 Å². The molecule has 2 fully saturated rings. The molecule has 198 valence electrons. The third-order valence-corrected chi connectivity index (χ3v) is 7.26. The van der Waals surface area contributed by atoms with Gasteiger partial charge in [-0.05, 0) is 54.7 Å². The van der Waals surface area contributed by atoms with Gasteiger partial charge in [0.25, 0.3) is 5.91 Å². The average molecular weight is 508 g/mol. The highest BCUT2D eigenvalue weighted by molar-refractivity contribution is 5.95. The van der Waals surface area contributed by atoms with Crippen LogP contribution in [0.4, 0.5) is 10.5 Å². The zero-order chi connectivity index (χ0) is 26.0. The fourth-order valence-corrected chi connectivity index (χ4v) is 5.09. The van der Waals surface area contributed by atoms with Crippen LogP contribution in [0.25, 0.3) is 0 Å². The van der Waals surface area contributed by atoms with Crippen molar-refractivity contribution in [3.63, 3.8) is 0 Å². The van der Waals surface area contributed by atoms with Crippen LogP contribution < -0.4 is 10.1 Å². The second-order valence-corrected chi connectivity index (χ2v) is 9.97. The molecule has 37 heavy (non-hydrogen) atoms. The number of anilines is 1. The Morgan fingerprint density at radius 3 is 2.41 bits per heavy atom. The van der Waals surface area contributed by atoms with Gasteiger partial charge in [0.05, 0.1) is 6.61 Å². The molecule has 2 aliphatic rings. The summed E-state index contributed by atoms with van der Waals surface area (Å²) in [6.07, 6.45) is 8.11. The second kappa shape index (κ2) is 13.1. The number of hydrogen-bond acceptors (Lipinski definition) is 4. The van der Waals surface area contributed by atoms with Crippen LogP contribution >= 0.6 is 0 Å². The Kier molecular flexibility index (Phi) is 9.40. The first kappa shape index (κ1) is 26.5. The van der Waals surface area contributed by atoms with E-state index in [2.05, 4.69) is 5.32 Å².